The van der Waals surface area contributed by atoms with Gasteiger partial charge in [0.15, 0.2) is 0 Å². The Hall–Kier alpha value is -1.26. The maximum atomic E-state index is 5.56. The summed E-state index contributed by atoms with van der Waals surface area (Å²) in [7, 11) is 3.45. The number of methoxy groups -OCH3 is 2. The smallest absolute Gasteiger partial charge is 0.131 e. The Labute approximate surface area is 146 Å². The molecule has 2 aliphatic rings. The van der Waals surface area contributed by atoms with Crippen LogP contribution in [0.1, 0.15) is 38.2 Å². The van der Waals surface area contributed by atoms with Gasteiger partial charge in [-0.05, 0) is 25.0 Å². The highest BCUT2D eigenvalue weighted by Crippen LogP contribution is 2.24. The van der Waals surface area contributed by atoms with Crippen molar-refractivity contribution in [1.29, 1.82) is 0 Å². The largest absolute Gasteiger partial charge is 0.497 e. The minimum Gasteiger partial charge on any atom is -0.497 e. The average Bonchev–Trinajstić information content (AvgIpc) is 2.62. The summed E-state index contributed by atoms with van der Waals surface area (Å²) in [6.07, 6.45) is 5.60. The van der Waals surface area contributed by atoms with Crippen molar-refractivity contribution in [2.75, 3.05) is 40.4 Å². The van der Waals surface area contributed by atoms with Crippen molar-refractivity contribution in [3.05, 3.63) is 23.8 Å². The number of quaternary nitrogens is 2. The zero-order valence-electron chi connectivity index (χ0n) is 15.6. The van der Waals surface area contributed by atoms with Crippen molar-refractivity contribution in [3.8, 4) is 11.5 Å². The zero-order chi connectivity index (χ0) is 16.9. The highest BCUT2D eigenvalue weighted by atomic mass is 16.5. The lowest BCUT2D eigenvalue weighted by molar-refractivity contribution is -0.967. The van der Waals surface area contributed by atoms with Crippen LogP contribution in [-0.2, 0) is 6.54 Å². The van der Waals surface area contributed by atoms with Crippen LogP contribution in [0.25, 0.3) is 0 Å². The quantitative estimate of drug-likeness (QED) is 0.824. The SMILES string of the molecule is COc1ccc(C[NH+]2CCC([NH+]3CCC[C@H](C)C3)CC2)c(OC)c1. The lowest BCUT2D eigenvalue weighted by Crippen LogP contribution is -3.21. The van der Waals surface area contributed by atoms with E-state index in [1.165, 1.54) is 57.4 Å². The molecule has 2 saturated heterocycles. The third kappa shape index (κ3) is 4.22. The van der Waals surface area contributed by atoms with Crippen molar-refractivity contribution in [1.82, 2.24) is 0 Å². The van der Waals surface area contributed by atoms with Crippen LogP contribution in [0.4, 0.5) is 0 Å². The van der Waals surface area contributed by atoms with Crippen LogP contribution in [0.15, 0.2) is 18.2 Å². The molecule has 24 heavy (non-hydrogen) atoms. The Morgan fingerprint density at radius 3 is 2.50 bits per heavy atom. The predicted molar refractivity (Wildman–Crippen MR) is 96.1 cm³/mol. The van der Waals surface area contributed by atoms with Crippen LogP contribution < -0.4 is 19.3 Å². The molecule has 134 valence electrons. The van der Waals surface area contributed by atoms with Gasteiger partial charge in [0.05, 0.1) is 46.4 Å². The maximum absolute atomic E-state index is 5.56. The van der Waals surface area contributed by atoms with Crippen LogP contribution in [0, 0.1) is 5.92 Å². The Morgan fingerprint density at radius 1 is 1.04 bits per heavy atom. The van der Waals surface area contributed by atoms with Crippen LogP contribution in [0.3, 0.4) is 0 Å². The van der Waals surface area contributed by atoms with Gasteiger partial charge in [-0.25, -0.2) is 0 Å². The van der Waals surface area contributed by atoms with E-state index in [1.807, 2.05) is 17.0 Å². The molecule has 2 atom stereocenters. The number of likely N-dealkylation sites (tertiary alicyclic amines) is 2. The molecule has 1 aromatic carbocycles. The Kier molecular flexibility index (Phi) is 6.01. The summed E-state index contributed by atoms with van der Waals surface area (Å²) in [5.74, 6) is 2.74. The summed E-state index contributed by atoms with van der Waals surface area (Å²) in [5, 5.41) is 0. The standard InChI is InChI=1S/C20H32N2O2/c1-16-5-4-10-22(14-16)18-8-11-21(12-9-18)15-17-6-7-19(23-2)13-20(17)24-3/h6-7,13,16,18H,4-5,8-12,14-15H2,1-3H3/p+2/t16-/m0/s1. The second-order valence-corrected chi connectivity index (χ2v) is 7.74. The van der Waals surface area contributed by atoms with Crippen LogP contribution >= 0.6 is 0 Å². The van der Waals surface area contributed by atoms with Crippen LogP contribution in [0.5, 0.6) is 11.5 Å². The number of hydrogen-bond donors (Lipinski definition) is 2. The summed E-state index contributed by atoms with van der Waals surface area (Å²) in [6, 6.07) is 7.10. The molecule has 4 heteroatoms. The molecule has 0 radical (unpaired) electrons. The number of hydrogen-bond acceptors (Lipinski definition) is 2. The summed E-state index contributed by atoms with van der Waals surface area (Å²) in [6.45, 7) is 8.86. The first kappa shape index (κ1) is 17.6. The Morgan fingerprint density at radius 2 is 1.83 bits per heavy atom. The third-order valence-corrected chi connectivity index (χ3v) is 6.01. The number of nitrogens with one attached hydrogen (secondary N) is 2. The number of benzene rings is 1. The van der Waals surface area contributed by atoms with Gasteiger partial charge in [-0.1, -0.05) is 6.92 Å². The lowest BCUT2D eigenvalue weighted by Gasteiger charge is -2.37. The molecule has 0 spiro atoms. The van der Waals surface area contributed by atoms with E-state index < -0.39 is 0 Å². The van der Waals surface area contributed by atoms with E-state index >= 15 is 0 Å². The number of rotatable bonds is 5. The maximum Gasteiger partial charge on any atom is 0.131 e. The van der Waals surface area contributed by atoms with E-state index in [0.29, 0.717) is 0 Å². The molecular weight excluding hydrogens is 300 g/mol. The lowest BCUT2D eigenvalue weighted by atomic mass is 9.95. The summed E-state index contributed by atoms with van der Waals surface area (Å²) in [4.78, 5) is 3.58. The molecule has 2 fully saturated rings. The van der Waals surface area contributed by atoms with Gasteiger partial charge < -0.3 is 19.3 Å². The van der Waals surface area contributed by atoms with Gasteiger partial charge in [0.25, 0.3) is 0 Å². The minimum absolute atomic E-state index is 0.868. The molecule has 2 N–H and O–H groups in total. The fraction of sp³-hybridized carbons (Fsp3) is 0.700. The van der Waals surface area contributed by atoms with Crippen molar-refractivity contribution < 1.29 is 19.3 Å². The van der Waals surface area contributed by atoms with Gasteiger partial charge in [0.1, 0.15) is 18.0 Å². The first-order valence-electron chi connectivity index (χ1n) is 9.58. The first-order valence-corrected chi connectivity index (χ1v) is 9.58. The summed E-state index contributed by atoms with van der Waals surface area (Å²) in [5.41, 5.74) is 1.30. The summed E-state index contributed by atoms with van der Waals surface area (Å²) < 4.78 is 10.9. The molecule has 2 aliphatic heterocycles. The Balaban J connectivity index is 1.54. The van der Waals surface area contributed by atoms with Gasteiger partial charge in [-0.3, -0.25) is 0 Å². The highest BCUT2D eigenvalue weighted by molar-refractivity contribution is 5.40. The van der Waals surface area contributed by atoms with Gasteiger partial charge in [0, 0.05) is 30.4 Å². The van der Waals surface area contributed by atoms with E-state index in [4.69, 9.17) is 9.47 Å². The molecule has 1 aromatic rings. The highest BCUT2D eigenvalue weighted by Gasteiger charge is 2.32. The molecule has 0 amide bonds. The monoisotopic (exact) mass is 334 g/mol. The molecule has 0 saturated carbocycles. The summed E-state index contributed by atoms with van der Waals surface area (Å²) >= 11 is 0. The number of ether oxygens (including phenoxy) is 2. The van der Waals surface area contributed by atoms with Crippen molar-refractivity contribution in [3.63, 3.8) is 0 Å². The number of piperidine rings is 2. The van der Waals surface area contributed by atoms with Gasteiger partial charge >= 0.3 is 0 Å². The second-order valence-electron chi connectivity index (χ2n) is 7.74. The molecule has 1 unspecified atom stereocenters. The van der Waals surface area contributed by atoms with E-state index in [2.05, 4.69) is 13.0 Å². The molecule has 2 heterocycles. The molecule has 4 nitrogen and oxygen atoms in total. The predicted octanol–water partition coefficient (Wildman–Crippen LogP) is 0.566. The molecule has 0 bridgehead atoms. The topological polar surface area (TPSA) is 27.3 Å². The fourth-order valence-electron chi connectivity index (χ4n) is 4.58. The van der Waals surface area contributed by atoms with Gasteiger partial charge in [-0.2, -0.15) is 0 Å². The first-order chi connectivity index (χ1) is 11.7. The minimum atomic E-state index is 0.868. The van der Waals surface area contributed by atoms with E-state index in [1.54, 1.807) is 19.1 Å². The van der Waals surface area contributed by atoms with Crippen molar-refractivity contribution in [2.24, 2.45) is 5.92 Å². The van der Waals surface area contributed by atoms with Crippen molar-refractivity contribution in [2.45, 2.75) is 45.2 Å². The molecule has 0 aliphatic carbocycles. The van der Waals surface area contributed by atoms with E-state index in [9.17, 15) is 0 Å². The van der Waals surface area contributed by atoms with Crippen molar-refractivity contribution >= 4 is 0 Å². The van der Waals surface area contributed by atoms with Gasteiger partial charge in [0.2, 0.25) is 0 Å². The Bertz CT molecular complexity index is 526. The average molecular weight is 335 g/mol. The molecule has 3 rings (SSSR count). The zero-order valence-corrected chi connectivity index (χ0v) is 15.6. The van der Waals surface area contributed by atoms with Gasteiger partial charge in [-0.15, -0.1) is 0 Å². The van der Waals surface area contributed by atoms with Crippen LogP contribution in [0.2, 0.25) is 0 Å². The molecular formula is C20H34N2O2+2. The molecule has 0 aromatic heterocycles. The van der Waals surface area contributed by atoms with E-state index in [0.717, 1.165) is 30.0 Å². The normalized spacial score (nSPS) is 30.8. The van der Waals surface area contributed by atoms with E-state index in [-0.39, 0.29) is 0 Å². The fourth-order valence-corrected chi connectivity index (χ4v) is 4.58. The van der Waals surface area contributed by atoms with Crippen LogP contribution in [-0.4, -0.2) is 46.4 Å². The second kappa shape index (κ2) is 8.21. The third-order valence-electron chi connectivity index (χ3n) is 6.01.